The zero-order chi connectivity index (χ0) is 16.5. The van der Waals surface area contributed by atoms with Gasteiger partial charge < -0.3 is 9.84 Å². The molecule has 0 fully saturated rings. The highest BCUT2D eigenvalue weighted by Gasteiger charge is 2.11. The second kappa shape index (κ2) is 5.70. The van der Waals surface area contributed by atoms with Crippen LogP contribution in [0.1, 0.15) is 0 Å². The number of aromatic hydroxyl groups is 1. The summed E-state index contributed by atoms with van der Waals surface area (Å²) in [5.41, 5.74) is 4.30. The number of aromatic nitrogens is 3. The van der Waals surface area contributed by atoms with E-state index in [1.54, 1.807) is 18.2 Å². The van der Waals surface area contributed by atoms with Gasteiger partial charge in [-0.3, -0.25) is 5.10 Å². The summed E-state index contributed by atoms with van der Waals surface area (Å²) in [6.45, 7) is 0. The van der Waals surface area contributed by atoms with Gasteiger partial charge in [0.2, 0.25) is 0 Å². The molecule has 2 aromatic carbocycles. The fourth-order valence-electron chi connectivity index (χ4n) is 2.72. The summed E-state index contributed by atoms with van der Waals surface area (Å²) in [5, 5.41) is 18.1. The molecule has 0 atom stereocenters. The molecule has 5 heteroatoms. The number of benzene rings is 2. The first-order valence-corrected chi connectivity index (χ1v) is 7.54. The molecule has 0 saturated heterocycles. The molecule has 0 unspecified atom stereocenters. The number of fused-ring (bicyclic) bond motifs is 1. The Morgan fingerprint density at radius 1 is 0.958 bits per heavy atom. The normalized spacial score (nSPS) is 10.9. The van der Waals surface area contributed by atoms with Crippen molar-refractivity contribution in [3.63, 3.8) is 0 Å². The van der Waals surface area contributed by atoms with Crippen LogP contribution in [0.4, 0.5) is 0 Å². The van der Waals surface area contributed by atoms with E-state index in [0.717, 1.165) is 27.9 Å². The zero-order valence-corrected chi connectivity index (χ0v) is 13.0. The van der Waals surface area contributed by atoms with E-state index < -0.39 is 0 Å². The maximum atomic E-state index is 9.72. The minimum atomic E-state index is 0.105. The molecule has 2 heterocycles. The average molecular weight is 317 g/mol. The Kier molecular flexibility index (Phi) is 3.39. The van der Waals surface area contributed by atoms with Gasteiger partial charge in [-0.2, -0.15) is 5.10 Å². The van der Waals surface area contributed by atoms with Crippen LogP contribution in [0.15, 0.2) is 60.7 Å². The Balaban J connectivity index is 1.80. The van der Waals surface area contributed by atoms with Gasteiger partial charge in [-0.1, -0.05) is 30.3 Å². The zero-order valence-electron chi connectivity index (χ0n) is 13.0. The van der Waals surface area contributed by atoms with Crippen molar-refractivity contribution in [3.05, 3.63) is 60.7 Å². The first-order valence-electron chi connectivity index (χ1n) is 7.54. The molecule has 0 radical (unpaired) electrons. The van der Waals surface area contributed by atoms with Gasteiger partial charge >= 0.3 is 0 Å². The highest BCUT2D eigenvalue weighted by atomic mass is 16.5. The van der Waals surface area contributed by atoms with E-state index in [0.29, 0.717) is 11.4 Å². The van der Waals surface area contributed by atoms with Crippen molar-refractivity contribution in [2.45, 2.75) is 0 Å². The van der Waals surface area contributed by atoms with Gasteiger partial charge in [0.05, 0.1) is 18.5 Å². The fourth-order valence-corrected chi connectivity index (χ4v) is 2.72. The van der Waals surface area contributed by atoms with E-state index in [1.807, 2.05) is 42.5 Å². The van der Waals surface area contributed by atoms with Crippen LogP contribution in [0.2, 0.25) is 0 Å². The summed E-state index contributed by atoms with van der Waals surface area (Å²) in [6.07, 6.45) is 0. The lowest BCUT2D eigenvalue weighted by molar-refractivity contribution is 0.373. The SMILES string of the molecule is COc1cc(-c2ccc3c(-c4ccccc4)[nH]nc3n2)ccc1O. The third-order valence-electron chi connectivity index (χ3n) is 3.96. The number of ether oxygens (including phenoxy) is 1. The molecule has 4 rings (SSSR count). The van der Waals surface area contributed by atoms with Gasteiger partial charge in [-0.25, -0.2) is 4.98 Å². The molecule has 0 amide bonds. The van der Waals surface area contributed by atoms with Gasteiger partial charge in [0, 0.05) is 16.5 Å². The summed E-state index contributed by atoms with van der Waals surface area (Å²) >= 11 is 0. The van der Waals surface area contributed by atoms with Crippen molar-refractivity contribution in [3.8, 4) is 34.0 Å². The summed E-state index contributed by atoms with van der Waals surface area (Å²) in [7, 11) is 1.52. The highest BCUT2D eigenvalue weighted by Crippen LogP contribution is 2.32. The van der Waals surface area contributed by atoms with Crippen LogP contribution in [0, 0.1) is 0 Å². The predicted molar refractivity (Wildman–Crippen MR) is 93.0 cm³/mol. The lowest BCUT2D eigenvalue weighted by Gasteiger charge is -2.06. The van der Waals surface area contributed by atoms with E-state index in [9.17, 15) is 5.11 Å². The van der Waals surface area contributed by atoms with Crippen LogP contribution < -0.4 is 4.74 Å². The first-order chi connectivity index (χ1) is 11.8. The van der Waals surface area contributed by atoms with Crippen LogP contribution in [0.5, 0.6) is 11.5 Å². The van der Waals surface area contributed by atoms with Gasteiger partial charge in [-0.05, 0) is 30.3 Å². The smallest absolute Gasteiger partial charge is 0.182 e. The number of hydrogen-bond acceptors (Lipinski definition) is 4. The summed E-state index contributed by atoms with van der Waals surface area (Å²) in [5.74, 6) is 0.523. The number of nitrogens with one attached hydrogen (secondary N) is 1. The van der Waals surface area contributed by atoms with Crippen molar-refractivity contribution in [1.82, 2.24) is 15.2 Å². The topological polar surface area (TPSA) is 71.0 Å². The lowest BCUT2D eigenvalue weighted by Crippen LogP contribution is -1.88. The van der Waals surface area contributed by atoms with E-state index in [4.69, 9.17) is 4.74 Å². The number of aromatic amines is 1. The van der Waals surface area contributed by atoms with Crippen molar-refractivity contribution in [2.24, 2.45) is 0 Å². The molecule has 0 spiro atoms. The van der Waals surface area contributed by atoms with Crippen LogP contribution in [0.3, 0.4) is 0 Å². The summed E-state index contributed by atoms with van der Waals surface area (Å²) in [4.78, 5) is 4.62. The minimum absolute atomic E-state index is 0.105. The molecule has 0 aliphatic carbocycles. The molecule has 0 bridgehead atoms. The lowest BCUT2D eigenvalue weighted by atomic mass is 10.1. The Bertz CT molecular complexity index is 1010. The summed E-state index contributed by atoms with van der Waals surface area (Å²) in [6, 6.07) is 19.1. The van der Waals surface area contributed by atoms with Crippen molar-refractivity contribution in [1.29, 1.82) is 0 Å². The van der Waals surface area contributed by atoms with Gasteiger partial charge in [-0.15, -0.1) is 0 Å². The molecule has 0 aliphatic heterocycles. The Morgan fingerprint density at radius 3 is 2.58 bits per heavy atom. The molecule has 2 aromatic heterocycles. The minimum Gasteiger partial charge on any atom is -0.504 e. The van der Waals surface area contributed by atoms with Gasteiger partial charge in [0.25, 0.3) is 0 Å². The number of phenolic OH excluding ortho intramolecular Hbond substituents is 1. The van der Waals surface area contributed by atoms with E-state index in [-0.39, 0.29) is 5.75 Å². The molecule has 24 heavy (non-hydrogen) atoms. The number of methoxy groups -OCH3 is 1. The van der Waals surface area contributed by atoms with Crippen LogP contribution in [-0.4, -0.2) is 27.4 Å². The Morgan fingerprint density at radius 2 is 1.79 bits per heavy atom. The molecular weight excluding hydrogens is 302 g/mol. The fraction of sp³-hybridized carbons (Fsp3) is 0.0526. The van der Waals surface area contributed by atoms with Crippen molar-refractivity contribution >= 4 is 11.0 Å². The average Bonchev–Trinajstić information content (AvgIpc) is 3.06. The summed E-state index contributed by atoms with van der Waals surface area (Å²) < 4.78 is 5.16. The van der Waals surface area contributed by atoms with Crippen molar-refractivity contribution in [2.75, 3.05) is 7.11 Å². The molecule has 118 valence electrons. The maximum Gasteiger partial charge on any atom is 0.182 e. The number of pyridine rings is 1. The second-order valence-corrected chi connectivity index (χ2v) is 5.42. The Labute approximate surface area is 138 Å². The molecule has 5 nitrogen and oxygen atoms in total. The van der Waals surface area contributed by atoms with E-state index in [1.165, 1.54) is 7.11 Å². The van der Waals surface area contributed by atoms with Crippen LogP contribution in [0.25, 0.3) is 33.5 Å². The third-order valence-corrected chi connectivity index (χ3v) is 3.96. The highest BCUT2D eigenvalue weighted by molar-refractivity contribution is 5.92. The number of phenols is 1. The second-order valence-electron chi connectivity index (χ2n) is 5.42. The third kappa shape index (κ3) is 2.36. The Hall–Kier alpha value is -3.34. The number of H-pyrrole nitrogens is 1. The monoisotopic (exact) mass is 317 g/mol. The molecule has 2 N–H and O–H groups in total. The van der Waals surface area contributed by atoms with Crippen LogP contribution in [-0.2, 0) is 0 Å². The number of nitrogens with zero attached hydrogens (tertiary/aromatic N) is 2. The quantitative estimate of drug-likeness (QED) is 0.599. The number of rotatable bonds is 3. The molecule has 4 aromatic rings. The molecule has 0 saturated carbocycles. The molecule has 0 aliphatic rings. The largest absolute Gasteiger partial charge is 0.504 e. The molecular formula is C19H15N3O2. The van der Waals surface area contributed by atoms with Gasteiger partial charge in [0.1, 0.15) is 0 Å². The van der Waals surface area contributed by atoms with Crippen LogP contribution >= 0.6 is 0 Å². The predicted octanol–water partition coefficient (Wildman–Crippen LogP) is 4.01. The van der Waals surface area contributed by atoms with Gasteiger partial charge in [0.15, 0.2) is 17.1 Å². The van der Waals surface area contributed by atoms with Crippen molar-refractivity contribution < 1.29 is 9.84 Å². The van der Waals surface area contributed by atoms with E-state index in [2.05, 4.69) is 15.2 Å². The first kappa shape index (κ1) is 14.3. The van der Waals surface area contributed by atoms with E-state index >= 15 is 0 Å². The standard InChI is InChI=1S/C19H15N3O2/c1-24-17-11-13(7-10-16(17)23)15-9-8-14-18(21-22-19(14)20-15)12-5-3-2-4-6-12/h2-11,23H,1H3,(H,20,21,22). The maximum absolute atomic E-state index is 9.72. The number of hydrogen-bond donors (Lipinski definition) is 2.